The molecule has 4 aromatic rings. The lowest BCUT2D eigenvalue weighted by Crippen LogP contribution is -2.19. The van der Waals surface area contributed by atoms with E-state index in [4.69, 9.17) is 11.6 Å². The van der Waals surface area contributed by atoms with Crippen LogP contribution in [0.3, 0.4) is 0 Å². The number of rotatable bonds is 4. The molecule has 3 aromatic heterocycles. The molecule has 0 aliphatic carbocycles. The molecule has 6 heteroatoms. The van der Waals surface area contributed by atoms with Crippen molar-refractivity contribution in [2.45, 2.75) is 19.9 Å². The number of aromatic amines is 1. The average Bonchev–Trinajstić information content (AvgIpc) is 2.68. The normalized spacial score (nSPS) is 12.1. The van der Waals surface area contributed by atoms with E-state index in [1.54, 1.807) is 12.3 Å². The van der Waals surface area contributed by atoms with Crippen molar-refractivity contribution in [1.29, 1.82) is 0 Å². The zero-order chi connectivity index (χ0) is 19.7. The standard InChI is InChI=1S/C22H19ClN4O/c1-13-11-24-7-6-19(13)15-4-3-5-18(9-15)26-14(2)20-10-16-8-17(23)12-25-21(16)27-22(20)28/h3-12,14,26H,1-2H3,(H,25,27,28)/t14-/m0/s1. The second-order valence-electron chi connectivity index (χ2n) is 6.78. The summed E-state index contributed by atoms with van der Waals surface area (Å²) in [6, 6.07) is 13.6. The van der Waals surface area contributed by atoms with Gasteiger partial charge in [0.15, 0.2) is 0 Å². The number of anilines is 1. The van der Waals surface area contributed by atoms with Gasteiger partial charge in [0, 0.05) is 35.2 Å². The van der Waals surface area contributed by atoms with E-state index in [2.05, 4.69) is 32.4 Å². The third-order valence-corrected chi connectivity index (χ3v) is 4.94. The molecule has 0 aliphatic heterocycles. The molecular weight excluding hydrogens is 372 g/mol. The molecule has 5 nitrogen and oxygen atoms in total. The predicted molar refractivity (Wildman–Crippen MR) is 114 cm³/mol. The Hall–Kier alpha value is -3.18. The number of pyridine rings is 3. The van der Waals surface area contributed by atoms with Crippen molar-refractivity contribution in [2.75, 3.05) is 5.32 Å². The summed E-state index contributed by atoms with van der Waals surface area (Å²) in [5.74, 6) is 0. The van der Waals surface area contributed by atoms with Gasteiger partial charge in [-0.1, -0.05) is 23.7 Å². The molecule has 2 N–H and O–H groups in total. The highest BCUT2D eigenvalue weighted by Gasteiger charge is 2.12. The lowest BCUT2D eigenvalue weighted by molar-refractivity contribution is 0.865. The maximum absolute atomic E-state index is 12.5. The predicted octanol–water partition coefficient (Wildman–Crippen LogP) is 5.12. The first-order valence-electron chi connectivity index (χ1n) is 8.97. The number of halogens is 1. The Balaban J connectivity index is 1.66. The molecule has 0 amide bonds. The summed E-state index contributed by atoms with van der Waals surface area (Å²) in [6.45, 7) is 4.00. The molecule has 140 valence electrons. The fourth-order valence-electron chi connectivity index (χ4n) is 3.31. The summed E-state index contributed by atoms with van der Waals surface area (Å²) >= 11 is 6.03. The second kappa shape index (κ2) is 7.44. The van der Waals surface area contributed by atoms with Crippen molar-refractivity contribution < 1.29 is 0 Å². The number of benzene rings is 1. The minimum Gasteiger partial charge on any atom is -0.378 e. The Kier molecular flexibility index (Phi) is 4.84. The molecule has 0 saturated carbocycles. The highest BCUT2D eigenvalue weighted by molar-refractivity contribution is 6.31. The molecule has 0 spiro atoms. The number of aryl methyl sites for hydroxylation is 1. The molecule has 1 aromatic carbocycles. The first-order chi connectivity index (χ1) is 13.5. The van der Waals surface area contributed by atoms with Crippen LogP contribution in [0.2, 0.25) is 5.02 Å². The number of aromatic nitrogens is 3. The van der Waals surface area contributed by atoms with Crippen molar-refractivity contribution in [1.82, 2.24) is 15.0 Å². The molecule has 0 saturated heterocycles. The van der Waals surface area contributed by atoms with Crippen LogP contribution < -0.4 is 10.9 Å². The fraction of sp³-hybridized carbons (Fsp3) is 0.136. The molecule has 3 heterocycles. The zero-order valence-corrected chi connectivity index (χ0v) is 16.3. The van der Waals surface area contributed by atoms with Gasteiger partial charge in [-0.05, 0) is 60.9 Å². The van der Waals surface area contributed by atoms with E-state index >= 15 is 0 Å². The molecule has 0 radical (unpaired) electrons. The molecule has 1 atom stereocenters. The number of hydrogen-bond donors (Lipinski definition) is 2. The maximum Gasteiger partial charge on any atom is 0.254 e. The maximum atomic E-state index is 12.5. The third-order valence-electron chi connectivity index (χ3n) is 4.73. The highest BCUT2D eigenvalue weighted by Crippen LogP contribution is 2.27. The van der Waals surface area contributed by atoms with Crippen molar-refractivity contribution in [2.24, 2.45) is 0 Å². The van der Waals surface area contributed by atoms with Crippen LogP contribution in [0.1, 0.15) is 24.1 Å². The Morgan fingerprint density at radius 2 is 2.00 bits per heavy atom. The van der Waals surface area contributed by atoms with Gasteiger partial charge in [-0.2, -0.15) is 0 Å². The number of hydrogen-bond acceptors (Lipinski definition) is 4. The number of H-pyrrole nitrogens is 1. The molecule has 0 unspecified atom stereocenters. The van der Waals surface area contributed by atoms with Gasteiger partial charge in [0.1, 0.15) is 5.65 Å². The first-order valence-corrected chi connectivity index (χ1v) is 9.35. The molecule has 0 aliphatic rings. The topological polar surface area (TPSA) is 70.7 Å². The van der Waals surface area contributed by atoms with Crippen molar-refractivity contribution in [3.05, 3.63) is 87.6 Å². The number of nitrogens with zero attached hydrogens (tertiary/aromatic N) is 2. The summed E-state index contributed by atoms with van der Waals surface area (Å²) in [4.78, 5) is 23.7. The van der Waals surface area contributed by atoms with Crippen LogP contribution in [0, 0.1) is 6.92 Å². The second-order valence-corrected chi connectivity index (χ2v) is 7.22. The van der Waals surface area contributed by atoms with Crippen molar-refractivity contribution >= 4 is 28.3 Å². The molecule has 0 fully saturated rings. The summed E-state index contributed by atoms with van der Waals surface area (Å²) in [7, 11) is 0. The van der Waals surface area contributed by atoms with Gasteiger partial charge >= 0.3 is 0 Å². The molecule has 4 rings (SSSR count). The van der Waals surface area contributed by atoms with E-state index in [-0.39, 0.29) is 11.6 Å². The van der Waals surface area contributed by atoms with Crippen molar-refractivity contribution in [3.8, 4) is 11.1 Å². The summed E-state index contributed by atoms with van der Waals surface area (Å²) in [5.41, 5.74) is 5.27. The van der Waals surface area contributed by atoms with Crippen LogP contribution in [0.5, 0.6) is 0 Å². The van der Waals surface area contributed by atoms with Crippen LogP contribution in [0.4, 0.5) is 5.69 Å². The van der Waals surface area contributed by atoms with Gasteiger partial charge in [-0.15, -0.1) is 0 Å². The van der Waals surface area contributed by atoms with Gasteiger partial charge in [0.2, 0.25) is 0 Å². The Morgan fingerprint density at radius 3 is 2.82 bits per heavy atom. The molecule has 0 bridgehead atoms. The van der Waals surface area contributed by atoms with Gasteiger partial charge in [-0.3, -0.25) is 9.78 Å². The Morgan fingerprint density at radius 1 is 1.14 bits per heavy atom. The monoisotopic (exact) mass is 390 g/mol. The lowest BCUT2D eigenvalue weighted by Gasteiger charge is -2.16. The van der Waals surface area contributed by atoms with Crippen molar-refractivity contribution in [3.63, 3.8) is 0 Å². The highest BCUT2D eigenvalue weighted by atomic mass is 35.5. The summed E-state index contributed by atoms with van der Waals surface area (Å²) < 4.78 is 0. The van der Waals surface area contributed by atoms with E-state index in [0.29, 0.717) is 16.2 Å². The van der Waals surface area contributed by atoms with E-state index in [1.165, 1.54) is 6.20 Å². The van der Waals surface area contributed by atoms with Gasteiger partial charge in [0.05, 0.1) is 11.1 Å². The van der Waals surface area contributed by atoms with Crippen LogP contribution in [-0.2, 0) is 0 Å². The lowest BCUT2D eigenvalue weighted by atomic mass is 10.0. The zero-order valence-electron chi connectivity index (χ0n) is 15.5. The van der Waals surface area contributed by atoms with Gasteiger partial charge in [0.25, 0.3) is 5.56 Å². The Labute approximate surface area is 167 Å². The summed E-state index contributed by atoms with van der Waals surface area (Å²) in [5, 5.41) is 4.76. The van der Waals surface area contributed by atoms with Crippen LogP contribution in [-0.4, -0.2) is 15.0 Å². The Bertz CT molecular complexity index is 1220. The summed E-state index contributed by atoms with van der Waals surface area (Å²) in [6.07, 6.45) is 5.17. The van der Waals surface area contributed by atoms with Gasteiger partial charge < -0.3 is 10.3 Å². The largest absolute Gasteiger partial charge is 0.378 e. The molecular formula is C22H19ClN4O. The minimum atomic E-state index is -0.194. The van der Waals surface area contributed by atoms with E-state index in [9.17, 15) is 4.79 Å². The van der Waals surface area contributed by atoms with E-state index in [1.807, 2.05) is 44.3 Å². The van der Waals surface area contributed by atoms with Gasteiger partial charge in [-0.25, -0.2) is 4.98 Å². The number of fused-ring (bicyclic) bond motifs is 1. The van der Waals surface area contributed by atoms with Crippen LogP contribution in [0.15, 0.2) is 65.8 Å². The molecule has 28 heavy (non-hydrogen) atoms. The van der Waals surface area contributed by atoms with Crippen LogP contribution >= 0.6 is 11.6 Å². The fourth-order valence-corrected chi connectivity index (χ4v) is 3.47. The van der Waals surface area contributed by atoms with E-state index in [0.717, 1.165) is 27.8 Å². The smallest absolute Gasteiger partial charge is 0.254 e. The SMILES string of the molecule is Cc1cnccc1-c1cccc(N[C@@H](C)c2cc3cc(Cl)cnc3[nH]c2=O)c1. The van der Waals surface area contributed by atoms with E-state index < -0.39 is 0 Å². The first kappa shape index (κ1) is 18.2. The average molecular weight is 391 g/mol. The number of nitrogens with one attached hydrogen (secondary N) is 2. The minimum absolute atomic E-state index is 0.163. The van der Waals surface area contributed by atoms with Crippen LogP contribution in [0.25, 0.3) is 22.2 Å². The quantitative estimate of drug-likeness (QED) is 0.507. The third kappa shape index (κ3) is 3.62.